The number of hydrogen-bond acceptors (Lipinski definition) is 8. The van der Waals surface area contributed by atoms with Gasteiger partial charge in [0.05, 0.1) is 16.3 Å². The highest BCUT2D eigenvalue weighted by Gasteiger charge is 2.19. The molecule has 0 N–H and O–H groups in total. The van der Waals surface area contributed by atoms with Crippen molar-refractivity contribution in [3.05, 3.63) is 73.7 Å². The lowest BCUT2D eigenvalue weighted by molar-refractivity contribution is -0.386. The standard InChI is InChI=1S/C19H20N6O5/c1-12-6-5-7-16(24-19(26)23(3)21-22-24)15(12)11-30-18-9-8-14(13(2)20-29-4)10-17(18)25(27)28/h5-10H,11H2,1-4H3/b20-13-. The molecule has 11 heteroatoms. The number of aromatic nitrogens is 4. The van der Waals surface area contributed by atoms with Gasteiger partial charge in [-0.1, -0.05) is 17.3 Å². The molecule has 0 spiro atoms. The lowest BCUT2D eigenvalue weighted by atomic mass is 10.1. The van der Waals surface area contributed by atoms with Crippen molar-refractivity contribution in [1.29, 1.82) is 0 Å². The zero-order valence-corrected chi connectivity index (χ0v) is 16.9. The van der Waals surface area contributed by atoms with Crippen LogP contribution in [0, 0.1) is 17.0 Å². The molecule has 30 heavy (non-hydrogen) atoms. The van der Waals surface area contributed by atoms with Crippen LogP contribution in [0.25, 0.3) is 5.69 Å². The van der Waals surface area contributed by atoms with E-state index in [2.05, 4.69) is 15.6 Å². The monoisotopic (exact) mass is 412 g/mol. The summed E-state index contributed by atoms with van der Waals surface area (Å²) in [7, 11) is 2.90. The van der Waals surface area contributed by atoms with Crippen molar-refractivity contribution in [2.75, 3.05) is 7.11 Å². The number of nitro benzene ring substituents is 1. The van der Waals surface area contributed by atoms with Gasteiger partial charge in [-0.3, -0.25) is 10.1 Å². The summed E-state index contributed by atoms with van der Waals surface area (Å²) in [5, 5.41) is 22.9. The molecule has 0 fully saturated rings. The molecule has 0 atom stereocenters. The first-order valence-corrected chi connectivity index (χ1v) is 8.90. The Labute approximate surface area is 171 Å². The first-order chi connectivity index (χ1) is 14.3. The highest BCUT2D eigenvalue weighted by Crippen LogP contribution is 2.30. The topological polar surface area (TPSA) is 127 Å². The average Bonchev–Trinajstić information content (AvgIpc) is 3.05. The summed E-state index contributed by atoms with van der Waals surface area (Å²) in [6.45, 7) is 3.53. The molecule has 3 rings (SSSR count). The predicted molar refractivity (Wildman–Crippen MR) is 108 cm³/mol. The third-order valence-electron chi connectivity index (χ3n) is 4.51. The molecule has 0 aliphatic rings. The van der Waals surface area contributed by atoms with E-state index in [1.165, 1.54) is 26.3 Å². The van der Waals surface area contributed by atoms with E-state index in [1.807, 2.05) is 13.0 Å². The Morgan fingerprint density at radius 3 is 2.67 bits per heavy atom. The SMILES string of the molecule is CO/N=C(/C)c1ccc(OCc2c(C)cccc2-n2nnn(C)c2=O)c([N+](=O)[O-])c1. The molecule has 0 radical (unpaired) electrons. The number of aryl methyl sites for hydroxylation is 2. The fourth-order valence-corrected chi connectivity index (χ4v) is 2.88. The van der Waals surface area contributed by atoms with Gasteiger partial charge < -0.3 is 9.57 Å². The zero-order valence-electron chi connectivity index (χ0n) is 16.9. The minimum absolute atomic E-state index is 0.00362. The Hall–Kier alpha value is -4.02. The maximum atomic E-state index is 12.3. The molecule has 0 aliphatic carbocycles. The number of rotatable bonds is 7. The summed E-state index contributed by atoms with van der Waals surface area (Å²) < 4.78 is 8.06. The molecular weight excluding hydrogens is 392 g/mol. The van der Waals surface area contributed by atoms with Crippen LogP contribution in [0.3, 0.4) is 0 Å². The van der Waals surface area contributed by atoms with Crippen molar-refractivity contribution < 1.29 is 14.5 Å². The first kappa shape index (κ1) is 20.7. The van der Waals surface area contributed by atoms with E-state index in [-0.39, 0.29) is 18.0 Å². The number of oxime groups is 1. The minimum atomic E-state index is -0.523. The smallest absolute Gasteiger partial charge is 0.368 e. The highest BCUT2D eigenvalue weighted by atomic mass is 16.6. The van der Waals surface area contributed by atoms with Gasteiger partial charge in [0.15, 0.2) is 5.75 Å². The summed E-state index contributed by atoms with van der Waals surface area (Å²) in [5.74, 6) is 0.0923. The second kappa shape index (κ2) is 8.55. The maximum absolute atomic E-state index is 12.3. The van der Waals surface area contributed by atoms with E-state index >= 15 is 0 Å². The Morgan fingerprint density at radius 2 is 2.03 bits per heavy atom. The Morgan fingerprint density at radius 1 is 1.27 bits per heavy atom. The van der Waals surface area contributed by atoms with Gasteiger partial charge in [-0.25, -0.2) is 4.79 Å². The van der Waals surface area contributed by atoms with Crippen LogP contribution >= 0.6 is 0 Å². The van der Waals surface area contributed by atoms with Crippen LogP contribution in [0.4, 0.5) is 5.69 Å². The minimum Gasteiger partial charge on any atom is -0.482 e. The summed E-state index contributed by atoms with van der Waals surface area (Å²) >= 11 is 0. The van der Waals surface area contributed by atoms with Crippen LogP contribution in [-0.2, 0) is 18.5 Å². The van der Waals surface area contributed by atoms with Crippen LogP contribution in [0.15, 0.2) is 46.3 Å². The molecule has 2 aromatic carbocycles. The normalized spacial score (nSPS) is 11.4. The van der Waals surface area contributed by atoms with Crippen molar-refractivity contribution in [2.45, 2.75) is 20.5 Å². The van der Waals surface area contributed by atoms with Gasteiger partial charge in [0, 0.05) is 24.2 Å². The second-order valence-corrected chi connectivity index (χ2v) is 6.46. The van der Waals surface area contributed by atoms with Crippen LogP contribution in [0.5, 0.6) is 5.75 Å². The Kier molecular flexibility index (Phi) is 5.90. The summed E-state index contributed by atoms with van der Waals surface area (Å²) in [4.78, 5) is 28.0. The van der Waals surface area contributed by atoms with E-state index < -0.39 is 10.6 Å². The molecular formula is C19H20N6O5. The van der Waals surface area contributed by atoms with E-state index in [4.69, 9.17) is 9.57 Å². The van der Waals surface area contributed by atoms with Gasteiger partial charge in [0.2, 0.25) is 0 Å². The van der Waals surface area contributed by atoms with Gasteiger partial charge in [-0.15, -0.1) is 0 Å². The van der Waals surface area contributed by atoms with Crippen LogP contribution in [-0.4, -0.2) is 37.5 Å². The van der Waals surface area contributed by atoms with Crippen LogP contribution in [0.2, 0.25) is 0 Å². The molecule has 1 heterocycles. The molecule has 0 bridgehead atoms. The molecule has 0 unspecified atom stereocenters. The largest absolute Gasteiger partial charge is 0.482 e. The van der Waals surface area contributed by atoms with E-state index in [9.17, 15) is 14.9 Å². The lowest BCUT2D eigenvalue weighted by Crippen LogP contribution is -2.23. The van der Waals surface area contributed by atoms with Gasteiger partial charge >= 0.3 is 11.4 Å². The van der Waals surface area contributed by atoms with E-state index in [1.54, 1.807) is 25.1 Å². The number of benzene rings is 2. The number of hydrogen-bond donors (Lipinski definition) is 0. The number of tetrazole rings is 1. The van der Waals surface area contributed by atoms with Crippen molar-refractivity contribution in [2.24, 2.45) is 12.2 Å². The molecule has 1 aromatic heterocycles. The van der Waals surface area contributed by atoms with E-state index in [0.717, 1.165) is 14.9 Å². The van der Waals surface area contributed by atoms with Crippen molar-refractivity contribution in [1.82, 2.24) is 19.8 Å². The predicted octanol–water partition coefficient (Wildman–Crippen LogP) is 2.13. The molecule has 0 saturated carbocycles. The van der Waals surface area contributed by atoms with Crippen molar-refractivity contribution in [3.8, 4) is 11.4 Å². The number of nitro groups is 1. The van der Waals surface area contributed by atoms with Crippen molar-refractivity contribution >= 4 is 11.4 Å². The Bertz CT molecular complexity index is 1180. The lowest BCUT2D eigenvalue weighted by Gasteiger charge is -2.13. The molecule has 3 aromatic rings. The molecule has 0 saturated heterocycles. The average molecular weight is 412 g/mol. The van der Waals surface area contributed by atoms with Crippen molar-refractivity contribution in [3.63, 3.8) is 0 Å². The zero-order chi connectivity index (χ0) is 21.8. The van der Waals surface area contributed by atoms with Crippen LogP contribution in [0.1, 0.15) is 23.6 Å². The highest BCUT2D eigenvalue weighted by molar-refractivity contribution is 5.99. The molecule has 156 valence electrons. The van der Waals surface area contributed by atoms with Gasteiger partial charge in [-0.05, 0) is 48.0 Å². The third-order valence-corrected chi connectivity index (χ3v) is 4.51. The van der Waals surface area contributed by atoms with E-state index in [0.29, 0.717) is 22.5 Å². The molecule has 0 amide bonds. The second-order valence-electron chi connectivity index (χ2n) is 6.46. The summed E-state index contributed by atoms with van der Waals surface area (Å²) in [5.41, 5.74) is 2.42. The number of ether oxygens (including phenoxy) is 1. The quantitative estimate of drug-likeness (QED) is 0.330. The fraction of sp³-hybridized carbons (Fsp3) is 0.263. The Balaban J connectivity index is 1.96. The number of nitrogens with zero attached hydrogens (tertiary/aromatic N) is 6. The third kappa shape index (κ3) is 4.04. The van der Waals surface area contributed by atoms with Gasteiger partial charge in [-0.2, -0.15) is 9.36 Å². The molecule has 11 nitrogen and oxygen atoms in total. The van der Waals surface area contributed by atoms with Gasteiger partial charge in [0.25, 0.3) is 0 Å². The summed E-state index contributed by atoms with van der Waals surface area (Å²) in [6, 6.07) is 9.89. The van der Waals surface area contributed by atoms with Gasteiger partial charge in [0.1, 0.15) is 13.7 Å². The van der Waals surface area contributed by atoms with Crippen LogP contribution < -0.4 is 10.4 Å². The molecule has 0 aliphatic heterocycles. The first-order valence-electron chi connectivity index (χ1n) is 8.90. The summed E-state index contributed by atoms with van der Waals surface area (Å²) in [6.07, 6.45) is 0. The fourth-order valence-electron chi connectivity index (χ4n) is 2.88. The maximum Gasteiger partial charge on any atom is 0.368 e.